The fourth-order valence-corrected chi connectivity index (χ4v) is 2.32. The maximum Gasteiger partial charge on any atom is 0.289 e. The van der Waals surface area contributed by atoms with Gasteiger partial charge in [-0.15, -0.1) is 0 Å². The Kier molecular flexibility index (Phi) is 3.71. The third-order valence-corrected chi connectivity index (χ3v) is 3.28. The lowest BCUT2D eigenvalue weighted by atomic mass is 10.2. The summed E-state index contributed by atoms with van der Waals surface area (Å²) >= 11 is 11.9. The molecule has 0 atom stereocenters. The fourth-order valence-electron chi connectivity index (χ4n) is 1.81. The van der Waals surface area contributed by atoms with Gasteiger partial charge in [-0.05, 0) is 6.07 Å². The third kappa shape index (κ3) is 2.62. The molecule has 0 unspecified atom stereocenters. The van der Waals surface area contributed by atoms with E-state index < -0.39 is 4.92 Å². The molecule has 2 rings (SSSR count). The van der Waals surface area contributed by atoms with Crippen LogP contribution in [0.3, 0.4) is 0 Å². The zero-order valence-corrected chi connectivity index (χ0v) is 10.5. The van der Waals surface area contributed by atoms with E-state index in [1.807, 2.05) is 0 Å². The number of nitrogens with zero attached hydrogens (tertiary/aromatic N) is 2. The van der Waals surface area contributed by atoms with E-state index >= 15 is 0 Å². The van der Waals surface area contributed by atoms with Gasteiger partial charge in [0, 0.05) is 32.2 Å². The molecule has 5 nitrogen and oxygen atoms in total. The first-order valence-corrected chi connectivity index (χ1v) is 5.94. The second kappa shape index (κ2) is 5.08. The van der Waals surface area contributed by atoms with Crippen molar-refractivity contribution in [2.75, 3.05) is 31.1 Å². The predicted octanol–water partition coefficient (Wildman–Crippen LogP) is 2.31. The van der Waals surface area contributed by atoms with E-state index in [0.29, 0.717) is 5.02 Å². The van der Waals surface area contributed by atoms with E-state index in [9.17, 15) is 10.1 Å². The number of benzene rings is 1. The first-order valence-electron chi connectivity index (χ1n) is 5.18. The van der Waals surface area contributed by atoms with Crippen molar-refractivity contribution in [3.05, 3.63) is 32.3 Å². The average molecular weight is 276 g/mol. The standard InChI is InChI=1S/C10H11Cl2N3O2/c11-7-6-10(15(16)17)8(12)5-9(7)14-3-1-13-2-4-14/h5-6,13H,1-4H2. The Morgan fingerprint density at radius 1 is 1.24 bits per heavy atom. The van der Waals surface area contributed by atoms with Crippen LogP contribution in [-0.2, 0) is 0 Å². The molecular weight excluding hydrogens is 265 g/mol. The number of rotatable bonds is 2. The quantitative estimate of drug-likeness (QED) is 0.665. The molecule has 1 heterocycles. The van der Waals surface area contributed by atoms with Crippen molar-refractivity contribution in [1.29, 1.82) is 0 Å². The normalized spacial score (nSPS) is 16.0. The zero-order valence-electron chi connectivity index (χ0n) is 8.95. The van der Waals surface area contributed by atoms with Gasteiger partial charge in [0.2, 0.25) is 0 Å². The van der Waals surface area contributed by atoms with Crippen LogP contribution < -0.4 is 10.2 Å². The van der Waals surface area contributed by atoms with E-state index in [1.165, 1.54) is 6.07 Å². The smallest absolute Gasteiger partial charge is 0.289 e. The number of anilines is 1. The van der Waals surface area contributed by atoms with Crippen molar-refractivity contribution in [2.24, 2.45) is 0 Å². The Morgan fingerprint density at radius 3 is 2.47 bits per heavy atom. The highest BCUT2D eigenvalue weighted by atomic mass is 35.5. The predicted molar refractivity (Wildman–Crippen MR) is 68.2 cm³/mol. The highest BCUT2D eigenvalue weighted by Crippen LogP contribution is 2.35. The number of nitro benzene ring substituents is 1. The molecule has 1 aliphatic rings. The number of hydrogen-bond acceptors (Lipinski definition) is 4. The molecule has 0 amide bonds. The molecule has 1 aliphatic heterocycles. The Balaban J connectivity index is 2.35. The van der Waals surface area contributed by atoms with Gasteiger partial charge in [0.25, 0.3) is 5.69 Å². The van der Waals surface area contributed by atoms with Gasteiger partial charge in [0.15, 0.2) is 0 Å². The van der Waals surface area contributed by atoms with Crippen molar-refractivity contribution in [2.45, 2.75) is 0 Å². The Labute approximate surface area is 108 Å². The molecule has 0 aromatic heterocycles. The van der Waals surface area contributed by atoms with Crippen LogP contribution in [0.15, 0.2) is 12.1 Å². The summed E-state index contributed by atoms with van der Waals surface area (Å²) in [6, 6.07) is 2.87. The van der Waals surface area contributed by atoms with Gasteiger partial charge >= 0.3 is 0 Å². The molecule has 1 N–H and O–H groups in total. The average Bonchev–Trinajstić information content (AvgIpc) is 2.32. The topological polar surface area (TPSA) is 58.4 Å². The molecule has 1 aromatic carbocycles. The monoisotopic (exact) mass is 275 g/mol. The van der Waals surface area contributed by atoms with Crippen LogP contribution in [0.4, 0.5) is 11.4 Å². The van der Waals surface area contributed by atoms with Crippen LogP contribution in [0.25, 0.3) is 0 Å². The van der Waals surface area contributed by atoms with Crippen LogP contribution in [0, 0.1) is 10.1 Å². The molecule has 92 valence electrons. The maximum absolute atomic E-state index is 10.7. The molecule has 1 aromatic rings. The highest BCUT2D eigenvalue weighted by Gasteiger charge is 2.20. The van der Waals surface area contributed by atoms with E-state index in [-0.39, 0.29) is 10.7 Å². The number of piperazine rings is 1. The summed E-state index contributed by atoms with van der Waals surface area (Å²) < 4.78 is 0. The van der Waals surface area contributed by atoms with Gasteiger partial charge in [0.05, 0.1) is 15.6 Å². The molecule has 17 heavy (non-hydrogen) atoms. The lowest BCUT2D eigenvalue weighted by Crippen LogP contribution is -2.43. The van der Waals surface area contributed by atoms with Gasteiger partial charge in [-0.3, -0.25) is 10.1 Å². The molecule has 1 fully saturated rings. The first-order chi connectivity index (χ1) is 8.09. The van der Waals surface area contributed by atoms with Crippen molar-refractivity contribution in [3.8, 4) is 0 Å². The Morgan fingerprint density at radius 2 is 1.88 bits per heavy atom. The van der Waals surface area contributed by atoms with Crippen molar-refractivity contribution in [1.82, 2.24) is 5.32 Å². The largest absolute Gasteiger partial charge is 0.368 e. The summed E-state index contributed by atoms with van der Waals surface area (Å²) in [5.74, 6) is 0. The lowest BCUT2D eigenvalue weighted by Gasteiger charge is -2.30. The highest BCUT2D eigenvalue weighted by molar-refractivity contribution is 6.36. The van der Waals surface area contributed by atoms with Crippen LogP contribution in [0.1, 0.15) is 0 Å². The summed E-state index contributed by atoms with van der Waals surface area (Å²) in [6.07, 6.45) is 0. The van der Waals surface area contributed by atoms with E-state index in [4.69, 9.17) is 23.2 Å². The molecule has 0 radical (unpaired) electrons. The maximum atomic E-state index is 10.7. The van der Waals surface area contributed by atoms with E-state index in [1.54, 1.807) is 6.07 Å². The molecule has 1 saturated heterocycles. The second-order valence-corrected chi connectivity index (χ2v) is 4.56. The summed E-state index contributed by atoms with van der Waals surface area (Å²) in [4.78, 5) is 12.2. The van der Waals surface area contributed by atoms with Crippen molar-refractivity contribution >= 4 is 34.6 Å². The fraction of sp³-hybridized carbons (Fsp3) is 0.400. The molecule has 0 spiro atoms. The Hall–Kier alpha value is -1.04. The van der Waals surface area contributed by atoms with Crippen LogP contribution in [0.5, 0.6) is 0 Å². The van der Waals surface area contributed by atoms with Crippen molar-refractivity contribution in [3.63, 3.8) is 0 Å². The molecule has 0 bridgehead atoms. The van der Waals surface area contributed by atoms with Gasteiger partial charge in [-0.1, -0.05) is 23.2 Å². The number of hydrogen-bond donors (Lipinski definition) is 1. The van der Waals surface area contributed by atoms with Gasteiger partial charge < -0.3 is 10.2 Å². The minimum Gasteiger partial charge on any atom is -0.368 e. The van der Waals surface area contributed by atoms with Gasteiger partial charge in [-0.2, -0.15) is 0 Å². The SMILES string of the molecule is O=[N+]([O-])c1cc(Cl)c(N2CCNCC2)cc1Cl. The minimum absolute atomic E-state index is 0.118. The van der Waals surface area contributed by atoms with Gasteiger partial charge in [0.1, 0.15) is 5.02 Å². The molecular formula is C10H11Cl2N3O2. The van der Waals surface area contributed by atoms with E-state index in [2.05, 4.69) is 10.2 Å². The summed E-state index contributed by atoms with van der Waals surface area (Å²) in [7, 11) is 0. The van der Waals surface area contributed by atoms with Crippen molar-refractivity contribution < 1.29 is 4.92 Å². The van der Waals surface area contributed by atoms with Crippen LogP contribution in [-0.4, -0.2) is 31.1 Å². The number of nitro groups is 1. The molecule has 0 aliphatic carbocycles. The summed E-state index contributed by atoms with van der Waals surface area (Å²) in [5, 5.41) is 14.4. The first kappa shape index (κ1) is 12.4. The zero-order chi connectivity index (χ0) is 12.4. The molecule has 0 saturated carbocycles. The number of nitrogens with one attached hydrogen (secondary N) is 1. The molecule has 7 heteroatoms. The number of halogens is 2. The Bertz CT molecular complexity index is 447. The van der Waals surface area contributed by atoms with Crippen LogP contribution >= 0.6 is 23.2 Å². The van der Waals surface area contributed by atoms with E-state index in [0.717, 1.165) is 31.9 Å². The van der Waals surface area contributed by atoms with Crippen LogP contribution in [0.2, 0.25) is 10.0 Å². The summed E-state index contributed by atoms with van der Waals surface area (Å²) in [5.41, 5.74) is 0.597. The second-order valence-electron chi connectivity index (χ2n) is 3.75. The third-order valence-electron chi connectivity index (χ3n) is 2.67. The van der Waals surface area contributed by atoms with Gasteiger partial charge in [-0.25, -0.2) is 0 Å². The summed E-state index contributed by atoms with van der Waals surface area (Å²) in [6.45, 7) is 3.36. The lowest BCUT2D eigenvalue weighted by molar-refractivity contribution is -0.384. The minimum atomic E-state index is -0.532.